The summed E-state index contributed by atoms with van der Waals surface area (Å²) >= 11 is 0. The Morgan fingerprint density at radius 1 is 0.940 bits per heavy atom. The Balaban J connectivity index is 1.07. The first-order valence-electron chi connectivity index (χ1n) is 17.2. The van der Waals surface area contributed by atoms with Gasteiger partial charge in [-0.3, -0.25) is 10.00 Å². The number of amides is 1. The van der Waals surface area contributed by atoms with Gasteiger partial charge in [0.05, 0.1) is 13.2 Å². The van der Waals surface area contributed by atoms with Crippen LogP contribution in [-0.2, 0) is 17.9 Å². The third kappa shape index (κ3) is 9.03. The lowest BCUT2D eigenvalue weighted by Crippen LogP contribution is -2.31. The largest absolute Gasteiger partial charge is 0.490 e. The number of hydrogen-bond donors (Lipinski definition) is 2. The average Bonchev–Trinajstić information content (AvgIpc) is 3.63. The van der Waals surface area contributed by atoms with E-state index >= 15 is 0 Å². The van der Waals surface area contributed by atoms with E-state index in [4.69, 9.17) is 9.47 Å². The molecule has 10 nitrogen and oxygen atoms in total. The van der Waals surface area contributed by atoms with E-state index in [1.165, 1.54) is 48.2 Å². The van der Waals surface area contributed by atoms with Gasteiger partial charge in [0.1, 0.15) is 12.4 Å². The quantitative estimate of drug-likeness (QED) is 0.120. The van der Waals surface area contributed by atoms with Crippen molar-refractivity contribution >= 4 is 23.5 Å². The first kappa shape index (κ1) is 34.6. The zero-order valence-electron chi connectivity index (χ0n) is 28.9. The van der Waals surface area contributed by atoms with E-state index in [1.807, 2.05) is 16.9 Å². The minimum Gasteiger partial charge on any atom is -0.490 e. The number of likely N-dealkylation sites (tertiary alicyclic amines) is 1. The van der Waals surface area contributed by atoms with Crippen molar-refractivity contribution in [1.82, 2.24) is 24.6 Å². The molecular formula is C39H44FN7O3. The highest BCUT2D eigenvalue weighted by Gasteiger charge is 2.15. The van der Waals surface area contributed by atoms with Gasteiger partial charge in [-0.2, -0.15) is 10.1 Å². The smallest absolute Gasteiger partial charge is 0.413 e. The molecule has 5 aromatic rings. The Bertz CT molecular complexity index is 1910. The zero-order chi connectivity index (χ0) is 34.9. The number of piperidine rings is 1. The van der Waals surface area contributed by atoms with E-state index in [2.05, 4.69) is 81.7 Å². The number of rotatable bonds is 13. The lowest BCUT2D eigenvalue weighted by molar-refractivity contribution is 0.155. The predicted octanol–water partition coefficient (Wildman–Crippen LogP) is 8.20. The molecule has 1 amide bonds. The third-order valence-corrected chi connectivity index (χ3v) is 9.18. The minimum absolute atomic E-state index is 0.0443. The number of carbonyl (C=O) groups is 1. The second-order valence-electron chi connectivity index (χ2n) is 12.7. The van der Waals surface area contributed by atoms with Gasteiger partial charge >= 0.3 is 6.09 Å². The lowest BCUT2D eigenvalue weighted by atomic mass is 9.91. The van der Waals surface area contributed by atoms with Gasteiger partial charge in [-0.1, -0.05) is 30.7 Å². The van der Waals surface area contributed by atoms with Crippen molar-refractivity contribution < 1.29 is 18.7 Å². The molecule has 0 aliphatic carbocycles. The number of hydrogen-bond acceptors (Lipinski definition) is 8. The van der Waals surface area contributed by atoms with Crippen molar-refractivity contribution in [3.63, 3.8) is 0 Å². The van der Waals surface area contributed by atoms with Crippen molar-refractivity contribution in [3.8, 4) is 16.9 Å². The number of carbonyl (C=O) groups excluding carboxylic acids is 1. The molecule has 1 aliphatic heterocycles. The average molecular weight is 678 g/mol. The molecule has 0 saturated carbocycles. The Kier molecular flexibility index (Phi) is 11.3. The molecule has 3 aromatic carbocycles. The van der Waals surface area contributed by atoms with Crippen molar-refractivity contribution in [2.75, 3.05) is 36.9 Å². The number of benzene rings is 3. The van der Waals surface area contributed by atoms with Crippen LogP contribution >= 0.6 is 0 Å². The second-order valence-corrected chi connectivity index (χ2v) is 12.7. The number of ether oxygens (including phenoxy) is 2. The molecule has 1 aliphatic rings. The van der Waals surface area contributed by atoms with E-state index in [0.29, 0.717) is 18.8 Å². The van der Waals surface area contributed by atoms with Crippen LogP contribution in [0.25, 0.3) is 11.1 Å². The summed E-state index contributed by atoms with van der Waals surface area (Å²) in [5.74, 6) is 0.154. The maximum Gasteiger partial charge on any atom is 0.413 e. The summed E-state index contributed by atoms with van der Waals surface area (Å²) in [7, 11) is 0. The van der Waals surface area contributed by atoms with Crippen LogP contribution < -0.4 is 15.4 Å². The van der Waals surface area contributed by atoms with Crippen LogP contribution in [0.1, 0.15) is 53.5 Å². The summed E-state index contributed by atoms with van der Waals surface area (Å²) in [6, 6.07) is 18.5. The molecule has 0 atom stereocenters. The number of halogens is 1. The monoisotopic (exact) mass is 677 g/mol. The van der Waals surface area contributed by atoms with Gasteiger partial charge in [-0.05, 0) is 122 Å². The molecule has 1 fully saturated rings. The molecule has 6 rings (SSSR count). The van der Waals surface area contributed by atoms with Gasteiger partial charge in [0.2, 0.25) is 5.95 Å². The predicted molar refractivity (Wildman–Crippen MR) is 193 cm³/mol. The van der Waals surface area contributed by atoms with E-state index in [0.717, 1.165) is 48.3 Å². The molecule has 0 unspecified atom stereocenters. The van der Waals surface area contributed by atoms with E-state index in [-0.39, 0.29) is 24.1 Å². The first-order chi connectivity index (χ1) is 24.3. The highest BCUT2D eigenvalue weighted by Crippen LogP contribution is 2.32. The van der Waals surface area contributed by atoms with Crippen LogP contribution in [0.15, 0.2) is 79.3 Å². The lowest BCUT2D eigenvalue weighted by Gasteiger charge is -2.26. The van der Waals surface area contributed by atoms with Gasteiger partial charge in [-0.15, -0.1) is 0 Å². The molecule has 260 valence electrons. The molecule has 2 aromatic heterocycles. The number of aryl methyl sites for hydroxylation is 1. The number of anilines is 3. The van der Waals surface area contributed by atoms with Crippen LogP contribution in [0, 0.1) is 26.6 Å². The number of aromatic nitrogens is 4. The Morgan fingerprint density at radius 2 is 1.78 bits per heavy atom. The summed E-state index contributed by atoms with van der Waals surface area (Å²) in [6.07, 6.45) is 9.14. The van der Waals surface area contributed by atoms with Gasteiger partial charge in [0, 0.05) is 36.9 Å². The Morgan fingerprint density at radius 3 is 2.58 bits per heavy atom. The zero-order valence-corrected chi connectivity index (χ0v) is 28.9. The Hall–Kier alpha value is -5.29. The van der Waals surface area contributed by atoms with Crippen LogP contribution in [0.5, 0.6) is 5.75 Å². The molecule has 0 radical (unpaired) electrons. The van der Waals surface area contributed by atoms with E-state index < -0.39 is 11.9 Å². The molecule has 1 saturated heterocycles. The van der Waals surface area contributed by atoms with Gasteiger partial charge in [-0.25, -0.2) is 14.2 Å². The Labute approximate surface area is 292 Å². The van der Waals surface area contributed by atoms with E-state index in [1.54, 1.807) is 24.4 Å². The summed E-state index contributed by atoms with van der Waals surface area (Å²) in [6.45, 7) is 10.6. The fraction of sp³-hybridized carbons (Fsp3) is 0.333. The summed E-state index contributed by atoms with van der Waals surface area (Å²) in [5.41, 5.74) is 8.08. The first-order valence-corrected chi connectivity index (χ1v) is 17.2. The number of nitrogens with one attached hydrogen (secondary N) is 2. The molecule has 0 bridgehead atoms. The number of nitrogens with zero attached hydrogens (tertiary/aromatic N) is 5. The third-order valence-electron chi connectivity index (χ3n) is 9.18. The molecule has 50 heavy (non-hydrogen) atoms. The van der Waals surface area contributed by atoms with Gasteiger partial charge < -0.3 is 19.7 Å². The SMILES string of the molecule is Cc1ccc(-c2ccc(Cn3cccn3)cc2COC(=O)Nc2ccnc(Nc3ccc(OCCCN4CCCCC4)c(F)c3)n2)c(C)c1C. The van der Waals surface area contributed by atoms with Crippen LogP contribution in [0.4, 0.5) is 26.6 Å². The van der Waals surface area contributed by atoms with Crippen LogP contribution in [0.2, 0.25) is 0 Å². The molecule has 2 N–H and O–H groups in total. The maximum absolute atomic E-state index is 14.8. The standard InChI is InChI=1S/C39H44FN7O3/c1-27-9-12-33(29(3)28(27)2)34-13-10-30(25-47-21-7-16-42-47)23-31(34)26-50-39(48)45-37-15-17-41-38(44-37)43-32-11-14-36(35(40)24-32)49-22-8-20-46-18-5-4-6-19-46/h7,9-17,21,23-24H,4-6,8,18-20,22,25-26H2,1-3H3,(H2,41,43,44,45,48). The summed E-state index contributed by atoms with van der Waals surface area (Å²) < 4.78 is 28.1. The van der Waals surface area contributed by atoms with Gasteiger partial charge in [0.25, 0.3) is 0 Å². The van der Waals surface area contributed by atoms with Crippen molar-refractivity contribution in [3.05, 3.63) is 113 Å². The molecule has 0 spiro atoms. The topological polar surface area (TPSA) is 106 Å². The second kappa shape index (κ2) is 16.4. The van der Waals surface area contributed by atoms with Crippen LogP contribution in [0.3, 0.4) is 0 Å². The highest BCUT2D eigenvalue weighted by molar-refractivity contribution is 5.83. The van der Waals surface area contributed by atoms with Crippen molar-refractivity contribution in [2.45, 2.75) is 59.6 Å². The minimum atomic E-state index is -0.664. The van der Waals surface area contributed by atoms with E-state index in [9.17, 15) is 9.18 Å². The normalized spacial score (nSPS) is 13.2. The van der Waals surface area contributed by atoms with Crippen LogP contribution in [-0.4, -0.2) is 57.0 Å². The summed E-state index contributed by atoms with van der Waals surface area (Å²) in [4.78, 5) is 24.0. The fourth-order valence-electron chi connectivity index (χ4n) is 6.21. The fourth-order valence-corrected chi connectivity index (χ4v) is 6.21. The molecule has 11 heteroatoms. The summed E-state index contributed by atoms with van der Waals surface area (Å²) in [5, 5.41) is 10.0. The highest BCUT2D eigenvalue weighted by atomic mass is 19.1. The maximum atomic E-state index is 14.8. The van der Waals surface area contributed by atoms with Crippen molar-refractivity contribution in [2.24, 2.45) is 0 Å². The molecule has 3 heterocycles. The van der Waals surface area contributed by atoms with Gasteiger partial charge in [0.15, 0.2) is 11.6 Å². The molecular weight excluding hydrogens is 633 g/mol. The van der Waals surface area contributed by atoms with Crippen molar-refractivity contribution in [1.29, 1.82) is 0 Å².